The summed E-state index contributed by atoms with van der Waals surface area (Å²) in [6.07, 6.45) is 2.31. The fourth-order valence-electron chi connectivity index (χ4n) is 1.81. The highest BCUT2D eigenvalue weighted by Crippen LogP contribution is 2.28. The lowest BCUT2D eigenvalue weighted by Gasteiger charge is -2.13. The molecule has 0 spiro atoms. The van der Waals surface area contributed by atoms with Crippen LogP contribution in [0.2, 0.25) is 0 Å². The zero-order valence-electron chi connectivity index (χ0n) is 9.81. The van der Waals surface area contributed by atoms with Gasteiger partial charge in [-0.2, -0.15) is 5.26 Å². The van der Waals surface area contributed by atoms with Gasteiger partial charge in [0, 0.05) is 12.7 Å². The fourth-order valence-corrected chi connectivity index (χ4v) is 1.81. The van der Waals surface area contributed by atoms with E-state index >= 15 is 0 Å². The zero-order chi connectivity index (χ0) is 12.1. The molecule has 17 heavy (non-hydrogen) atoms. The Morgan fingerprint density at radius 2 is 2.35 bits per heavy atom. The molecule has 2 rings (SSSR count). The predicted molar refractivity (Wildman–Crippen MR) is 62.2 cm³/mol. The average Bonchev–Trinajstić information content (AvgIpc) is 2.89. The van der Waals surface area contributed by atoms with Crippen LogP contribution in [0.15, 0.2) is 18.2 Å². The number of hydrogen-bond donors (Lipinski definition) is 0. The largest absolute Gasteiger partial charge is 0.493 e. The summed E-state index contributed by atoms with van der Waals surface area (Å²) in [5.41, 5.74) is 0.561. The Morgan fingerprint density at radius 3 is 3.00 bits per heavy atom. The lowest BCUT2D eigenvalue weighted by atomic mass is 10.2. The number of hydrogen-bond acceptors (Lipinski definition) is 4. The fraction of sp³-hybridized carbons (Fsp3) is 0.462. The highest BCUT2D eigenvalue weighted by atomic mass is 16.5. The Bertz CT molecular complexity index is 419. The molecule has 0 aromatic heterocycles. The van der Waals surface area contributed by atoms with Crippen LogP contribution in [0.5, 0.6) is 11.5 Å². The Balaban J connectivity index is 2.01. The van der Waals surface area contributed by atoms with Gasteiger partial charge in [-0.05, 0) is 25.0 Å². The van der Waals surface area contributed by atoms with Crippen LogP contribution in [0, 0.1) is 11.3 Å². The first-order chi connectivity index (χ1) is 8.33. The lowest BCUT2D eigenvalue weighted by Crippen LogP contribution is -2.16. The van der Waals surface area contributed by atoms with Crippen LogP contribution >= 0.6 is 0 Å². The van der Waals surface area contributed by atoms with E-state index in [0.29, 0.717) is 23.7 Å². The molecule has 0 N–H and O–H groups in total. The van der Waals surface area contributed by atoms with Gasteiger partial charge in [0.1, 0.15) is 6.61 Å². The molecule has 1 unspecified atom stereocenters. The molecule has 1 aromatic rings. The minimum Gasteiger partial charge on any atom is -0.493 e. The van der Waals surface area contributed by atoms with Gasteiger partial charge in [0.15, 0.2) is 11.5 Å². The van der Waals surface area contributed by atoms with Gasteiger partial charge in [0.25, 0.3) is 0 Å². The summed E-state index contributed by atoms with van der Waals surface area (Å²) in [7, 11) is 1.56. The molecule has 1 fully saturated rings. The molecular formula is C13H15NO3. The van der Waals surface area contributed by atoms with E-state index in [9.17, 15) is 0 Å². The van der Waals surface area contributed by atoms with Crippen molar-refractivity contribution in [2.75, 3.05) is 20.3 Å². The third-order valence-corrected chi connectivity index (χ3v) is 2.74. The summed E-state index contributed by atoms with van der Waals surface area (Å²) < 4.78 is 16.3. The third-order valence-electron chi connectivity index (χ3n) is 2.74. The van der Waals surface area contributed by atoms with Gasteiger partial charge in [-0.25, -0.2) is 0 Å². The van der Waals surface area contributed by atoms with Gasteiger partial charge < -0.3 is 14.2 Å². The van der Waals surface area contributed by atoms with Crippen molar-refractivity contribution >= 4 is 0 Å². The smallest absolute Gasteiger partial charge is 0.162 e. The second-order valence-electron chi connectivity index (χ2n) is 3.92. The van der Waals surface area contributed by atoms with Crippen molar-refractivity contribution in [3.05, 3.63) is 23.8 Å². The normalized spacial score (nSPS) is 18.7. The van der Waals surface area contributed by atoms with Gasteiger partial charge in [-0.3, -0.25) is 0 Å². The molecule has 1 atom stereocenters. The van der Waals surface area contributed by atoms with E-state index in [2.05, 4.69) is 6.07 Å². The summed E-state index contributed by atoms with van der Waals surface area (Å²) in [6, 6.07) is 7.21. The van der Waals surface area contributed by atoms with Crippen LogP contribution < -0.4 is 9.47 Å². The Kier molecular flexibility index (Phi) is 3.84. The quantitative estimate of drug-likeness (QED) is 0.799. The second-order valence-corrected chi connectivity index (χ2v) is 3.92. The second kappa shape index (κ2) is 5.55. The molecule has 4 nitrogen and oxygen atoms in total. The van der Waals surface area contributed by atoms with Crippen molar-refractivity contribution < 1.29 is 14.2 Å². The molecule has 90 valence electrons. The van der Waals surface area contributed by atoms with E-state index in [4.69, 9.17) is 19.5 Å². The van der Waals surface area contributed by atoms with Crippen molar-refractivity contribution in [2.24, 2.45) is 0 Å². The number of ether oxygens (including phenoxy) is 3. The van der Waals surface area contributed by atoms with Crippen LogP contribution in [-0.2, 0) is 4.74 Å². The zero-order valence-corrected chi connectivity index (χ0v) is 9.81. The topological polar surface area (TPSA) is 51.5 Å². The molecular weight excluding hydrogens is 218 g/mol. The highest BCUT2D eigenvalue weighted by Gasteiger charge is 2.17. The SMILES string of the molecule is COc1cc(C#N)ccc1OCC1CCCO1. The molecule has 1 saturated heterocycles. The first-order valence-corrected chi connectivity index (χ1v) is 5.66. The monoisotopic (exact) mass is 233 g/mol. The molecule has 0 radical (unpaired) electrons. The van der Waals surface area contributed by atoms with Crippen LogP contribution in [0.25, 0.3) is 0 Å². The van der Waals surface area contributed by atoms with Crippen molar-refractivity contribution in [3.63, 3.8) is 0 Å². The van der Waals surface area contributed by atoms with Crippen molar-refractivity contribution in [1.82, 2.24) is 0 Å². The van der Waals surface area contributed by atoms with Gasteiger partial charge >= 0.3 is 0 Å². The van der Waals surface area contributed by atoms with Crippen molar-refractivity contribution in [2.45, 2.75) is 18.9 Å². The maximum absolute atomic E-state index is 8.78. The van der Waals surface area contributed by atoms with E-state index in [1.165, 1.54) is 0 Å². The minimum absolute atomic E-state index is 0.176. The van der Waals surface area contributed by atoms with Gasteiger partial charge in [-0.1, -0.05) is 0 Å². The van der Waals surface area contributed by atoms with Crippen molar-refractivity contribution in [1.29, 1.82) is 5.26 Å². The standard InChI is InChI=1S/C13H15NO3/c1-15-13-7-10(8-14)4-5-12(13)17-9-11-3-2-6-16-11/h4-5,7,11H,2-3,6,9H2,1H3. The Hall–Kier alpha value is -1.73. The summed E-state index contributed by atoms with van der Waals surface area (Å²) in [4.78, 5) is 0. The van der Waals surface area contributed by atoms with Crippen LogP contribution in [0.4, 0.5) is 0 Å². The molecule has 1 aliphatic heterocycles. The maximum atomic E-state index is 8.78. The molecule has 1 aliphatic rings. The molecule has 4 heteroatoms. The van der Waals surface area contributed by atoms with Crippen molar-refractivity contribution in [3.8, 4) is 17.6 Å². The molecule has 0 bridgehead atoms. The highest BCUT2D eigenvalue weighted by molar-refractivity contribution is 5.46. The summed E-state index contributed by atoms with van der Waals surface area (Å²) in [5, 5.41) is 8.78. The number of nitriles is 1. The van der Waals surface area contributed by atoms with Crippen LogP contribution in [-0.4, -0.2) is 26.4 Å². The van der Waals surface area contributed by atoms with Gasteiger partial charge in [0.2, 0.25) is 0 Å². The molecule has 1 aromatic carbocycles. The van der Waals surface area contributed by atoms with Crippen LogP contribution in [0.1, 0.15) is 18.4 Å². The van der Waals surface area contributed by atoms with E-state index in [1.807, 2.05) is 0 Å². The van der Waals surface area contributed by atoms with E-state index in [0.717, 1.165) is 19.4 Å². The summed E-state index contributed by atoms with van der Waals surface area (Å²) in [5.74, 6) is 1.24. The molecule has 1 heterocycles. The minimum atomic E-state index is 0.176. The van der Waals surface area contributed by atoms with Gasteiger partial charge in [0.05, 0.1) is 24.8 Å². The third kappa shape index (κ3) is 2.89. The number of methoxy groups -OCH3 is 1. The van der Waals surface area contributed by atoms with Crippen LogP contribution in [0.3, 0.4) is 0 Å². The van der Waals surface area contributed by atoms with E-state index < -0.39 is 0 Å². The van der Waals surface area contributed by atoms with Gasteiger partial charge in [-0.15, -0.1) is 0 Å². The first kappa shape index (κ1) is 11.7. The number of nitrogens with zero attached hydrogens (tertiary/aromatic N) is 1. The predicted octanol–water partition coefficient (Wildman–Crippen LogP) is 2.12. The number of benzene rings is 1. The molecule has 0 aliphatic carbocycles. The van der Waals surface area contributed by atoms with E-state index in [1.54, 1.807) is 25.3 Å². The first-order valence-electron chi connectivity index (χ1n) is 5.66. The summed E-state index contributed by atoms with van der Waals surface area (Å²) >= 11 is 0. The maximum Gasteiger partial charge on any atom is 0.162 e. The number of rotatable bonds is 4. The summed E-state index contributed by atoms with van der Waals surface area (Å²) in [6.45, 7) is 1.35. The van der Waals surface area contributed by atoms with E-state index in [-0.39, 0.29) is 6.10 Å². The average molecular weight is 233 g/mol. The lowest BCUT2D eigenvalue weighted by molar-refractivity contribution is 0.0670. The Labute approximate surface area is 101 Å². The molecule has 0 amide bonds. The Morgan fingerprint density at radius 1 is 1.47 bits per heavy atom. The molecule has 0 saturated carbocycles.